The van der Waals surface area contributed by atoms with Crippen molar-refractivity contribution in [3.05, 3.63) is 36.7 Å². The number of nitrogens with zero attached hydrogens (tertiary/aromatic N) is 1. The van der Waals surface area contributed by atoms with Crippen molar-refractivity contribution in [2.75, 3.05) is 5.32 Å². The van der Waals surface area contributed by atoms with Gasteiger partial charge in [-0.3, -0.25) is 4.98 Å². The van der Waals surface area contributed by atoms with Crippen LogP contribution in [0.2, 0.25) is 0 Å². The van der Waals surface area contributed by atoms with Crippen molar-refractivity contribution in [3.63, 3.8) is 0 Å². The van der Waals surface area contributed by atoms with Gasteiger partial charge in [-0.05, 0) is 42.3 Å². The number of anilines is 1. The first-order chi connectivity index (χ1) is 9.74. The number of aromatic nitrogens is 1. The van der Waals surface area contributed by atoms with Crippen molar-refractivity contribution >= 4 is 33.7 Å². The summed E-state index contributed by atoms with van der Waals surface area (Å²) in [5, 5.41) is 5.57. The number of nitrogens with one attached hydrogen (secondary N) is 1. The Balaban J connectivity index is 1.73. The highest BCUT2D eigenvalue weighted by molar-refractivity contribution is 7.80. The largest absolute Gasteiger partial charge is 0.349 e. The first-order valence-electron chi connectivity index (χ1n) is 7.14. The molecule has 0 spiro atoms. The average Bonchev–Trinajstić information content (AvgIpc) is 3.00. The highest BCUT2D eigenvalue weighted by Gasteiger charge is 2.24. The van der Waals surface area contributed by atoms with Crippen molar-refractivity contribution in [1.82, 2.24) is 4.98 Å². The number of hydrogen-bond acceptors (Lipinski definition) is 3. The van der Waals surface area contributed by atoms with E-state index in [2.05, 4.69) is 22.4 Å². The molecule has 0 bridgehead atoms. The molecule has 1 heterocycles. The lowest BCUT2D eigenvalue weighted by molar-refractivity contribution is 0.512. The maximum atomic E-state index is 6.27. The van der Waals surface area contributed by atoms with Gasteiger partial charge in [-0.25, -0.2) is 0 Å². The van der Waals surface area contributed by atoms with Crippen LogP contribution in [0, 0.1) is 5.92 Å². The lowest BCUT2D eigenvalue weighted by atomic mass is 9.99. The highest BCUT2D eigenvalue weighted by atomic mass is 32.1. The summed E-state index contributed by atoms with van der Waals surface area (Å²) in [6, 6.07) is 8.15. The van der Waals surface area contributed by atoms with E-state index in [1.54, 1.807) is 6.20 Å². The summed E-state index contributed by atoms with van der Waals surface area (Å²) < 4.78 is 0. The highest BCUT2D eigenvalue weighted by Crippen LogP contribution is 2.28. The Morgan fingerprint density at radius 1 is 1.25 bits per heavy atom. The van der Waals surface area contributed by atoms with E-state index >= 15 is 0 Å². The van der Waals surface area contributed by atoms with Crippen LogP contribution in [0.15, 0.2) is 36.7 Å². The summed E-state index contributed by atoms with van der Waals surface area (Å²) in [4.78, 5) is 4.90. The van der Waals surface area contributed by atoms with Crippen molar-refractivity contribution in [1.29, 1.82) is 0 Å². The summed E-state index contributed by atoms with van der Waals surface area (Å²) in [5.74, 6) is 0.539. The fourth-order valence-corrected chi connectivity index (χ4v) is 3.23. The Hall–Kier alpha value is -1.52. The molecule has 1 aliphatic rings. The summed E-state index contributed by atoms with van der Waals surface area (Å²) in [6.45, 7) is 0. The zero-order valence-corrected chi connectivity index (χ0v) is 12.2. The van der Waals surface area contributed by atoms with Gasteiger partial charge in [-0.2, -0.15) is 0 Å². The number of rotatable bonds is 3. The SMILES string of the molecule is N[C@@H](C(=S)Nc1ccc2ccncc2c1)C1CCCC1. The molecule has 2 aromatic rings. The zero-order valence-electron chi connectivity index (χ0n) is 11.4. The maximum absolute atomic E-state index is 6.27. The van der Waals surface area contributed by atoms with Crippen molar-refractivity contribution in [3.8, 4) is 0 Å². The van der Waals surface area contributed by atoms with Gasteiger partial charge in [-0.1, -0.05) is 31.1 Å². The molecule has 20 heavy (non-hydrogen) atoms. The fraction of sp³-hybridized carbons (Fsp3) is 0.375. The van der Waals surface area contributed by atoms with E-state index in [-0.39, 0.29) is 6.04 Å². The third-order valence-electron chi connectivity index (χ3n) is 4.12. The molecule has 1 saturated carbocycles. The maximum Gasteiger partial charge on any atom is 0.0970 e. The van der Waals surface area contributed by atoms with Crippen molar-refractivity contribution < 1.29 is 0 Å². The third-order valence-corrected chi connectivity index (χ3v) is 4.49. The molecular formula is C16H19N3S. The molecular weight excluding hydrogens is 266 g/mol. The number of thiocarbonyl (C=S) groups is 1. The minimum Gasteiger partial charge on any atom is -0.349 e. The molecule has 0 saturated heterocycles. The number of nitrogens with two attached hydrogens (primary N) is 1. The normalized spacial score (nSPS) is 17.2. The van der Waals surface area contributed by atoms with E-state index < -0.39 is 0 Å². The van der Waals surface area contributed by atoms with Gasteiger partial charge in [0.2, 0.25) is 0 Å². The number of hydrogen-bond donors (Lipinski definition) is 2. The predicted molar refractivity (Wildman–Crippen MR) is 87.9 cm³/mol. The van der Waals surface area contributed by atoms with Crippen molar-refractivity contribution in [2.45, 2.75) is 31.7 Å². The fourth-order valence-electron chi connectivity index (χ4n) is 2.92. The lowest BCUT2D eigenvalue weighted by Crippen LogP contribution is -2.39. The van der Waals surface area contributed by atoms with E-state index in [1.807, 2.05) is 18.3 Å². The molecule has 1 atom stereocenters. The summed E-state index contributed by atoms with van der Waals surface area (Å²) in [5.41, 5.74) is 7.26. The molecule has 3 rings (SSSR count). The summed E-state index contributed by atoms with van der Waals surface area (Å²) in [7, 11) is 0. The second kappa shape index (κ2) is 5.85. The second-order valence-electron chi connectivity index (χ2n) is 5.50. The van der Waals surface area contributed by atoms with Crippen LogP contribution < -0.4 is 11.1 Å². The van der Waals surface area contributed by atoms with Crippen LogP contribution in [0.3, 0.4) is 0 Å². The summed E-state index contributed by atoms with van der Waals surface area (Å²) in [6.07, 6.45) is 8.62. The van der Waals surface area contributed by atoms with Crippen LogP contribution in [0.25, 0.3) is 10.8 Å². The van der Waals surface area contributed by atoms with Gasteiger partial charge in [0, 0.05) is 23.5 Å². The zero-order chi connectivity index (χ0) is 13.9. The second-order valence-corrected chi connectivity index (χ2v) is 5.94. The molecule has 3 N–H and O–H groups in total. The van der Waals surface area contributed by atoms with Crippen LogP contribution in [-0.2, 0) is 0 Å². The average molecular weight is 285 g/mol. The minimum absolute atomic E-state index is 0.0305. The molecule has 0 amide bonds. The lowest BCUT2D eigenvalue weighted by Gasteiger charge is -2.21. The van der Waals surface area contributed by atoms with E-state index in [0.717, 1.165) is 16.1 Å². The molecule has 0 unspecified atom stereocenters. The van der Waals surface area contributed by atoms with Gasteiger partial charge in [0.1, 0.15) is 0 Å². The monoisotopic (exact) mass is 285 g/mol. The molecule has 104 valence electrons. The third kappa shape index (κ3) is 2.81. The topological polar surface area (TPSA) is 50.9 Å². The number of pyridine rings is 1. The van der Waals surface area contributed by atoms with Gasteiger partial charge in [0.25, 0.3) is 0 Å². The van der Waals surface area contributed by atoms with Crippen LogP contribution in [0.5, 0.6) is 0 Å². The standard InChI is InChI=1S/C16H19N3S/c17-15(12-3-1-2-4-12)16(20)19-14-6-5-11-7-8-18-10-13(11)9-14/h5-10,12,15H,1-4,17H2,(H,19,20)/t15-/m1/s1. The Labute approximate surface area is 124 Å². The molecule has 1 aliphatic carbocycles. The van der Waals surface area contributed by atoms with Gasteiger partial charge in [0.15, 0.2) is 0 Å². The predicted octanol–water partition coefficient (Wildman–Crippen LogP) is 3.49. The minimum atomic E-state index is -0.0305. The molecule has 4 heteroatoms. The van der Waals surface area contributed by atoms with E-state index in [4.69, 9.17) is 18.0 Å². The molecule has 1 aromatic carbocycles. The molecule has 1 fully saturated rings. The van der Waals surface area contributed by atoms with Gasteiger partial charge >= 0.3 is 0 Å². The summed E-state index contributed by atoms with van der Waals surface area (Å²) >= 11 is 5.47. The smallest absolute Gasteiger partial charge is 0.0970 e. The molecule has 3 nitrogen and oxygen atoms in total. The van der Waals surface area contributed by atoms with Crippen LogP contribution in [0.1, 0.15) is 25.7 Å². The van der Waals surface area contributed by atoms with E-state index in [0.29, 0.717) is 5.92 Å². The first-order valence-corrected chi connectivity index (χ1v) is 7.55. The van der Waals surface area contributed by atoms with Gasteiger partial charge in [-0.15, -0.1) is 0 Å². The molecule has 0 aliphatic heterocycles. The van der Waals surface area contributed by atoms with Gasteiger partial charge < -0.3 is 11.1 Å². The number of fused-ring (bicyclic) bond motifs is 1. The van der Waals surface area contributed by atoms with Gasteiger partial charge in [0.05, 0.1) is 11.0 Å². The number of benzene rings is 1. The molecule has 1 aromatic heterocycles. The Kier molecular flexibility index (Phi) is 3.94. The van der Waals surface area contributed by atoms with Crippen LogP contribution >= 0.6 is 12.2 Å². The Morgan fingerprint density at radius 3 is 2.85 bits per heavy atom. The quantitative estimate of drug-likeness (QED) is 0.848. The van der Waals surface area contributed by atoms with Crippen LogP contribution in [0.4, 0.5) is 5.69 Å². The van der Waals surface area contributed by atoms with E-state index in [9.17, 15) is 0 Å². The first kappa shape index (κ1) is 13.5. The Morgan fingerprint density at radius 2 is 2.05 bits per heavy atom. The Bertz CT molecular complexity index is 620. The van der Waals surface area contributed by atoms with E-state index in [1.165, 1.54) is 31.1 Å². The van der Waals surface area contributed by atoms with Crippen molar-refractivity contribution in [2.24, 2.45) is 11.7 Å². The van der Waals surface area contributed by atoms with Crippen LogP contribution in [-0.4, -0.2) is 16.0 Å². The molecule has 0 radical (unpaired) electrons.